The molecule has 4 nitrogen and oxygen atoms in total. The average molecular weight is 236 g/mol. The lowest BCUT2D eigenvalue weighted by Crippen LogP contribution is -2.13. The monoisotopic (exact) mass is 236 g/mol. The lowest BCUT2D eigenvalue weighted by atomic mass is 10.4. The first-order valence-corrected chi connectivity index (χ1v) is 6.58. The number of rotatable bonds is 4. The van der Waals surface area contributed by atoms with E-state index in [1.54, 1.807) is 0 Å². The molecule has 0 bridgehead atoms. The van der Waals surface area contributed by atoms with Gasteiger partial charge in [-0.1, -0.05) is 13.0 Å². The number of nitrogens with one attached hydrogen (secondary N) is 1. The molecule has 0 amide bonds. The smallest absolute Gasteiger partial charge is 0.243 e. The lowest BCUT2D eigenvalue weighted by Gasteiger charge is -2.06. The third-order valence-corrected chi connectivity index (χ3v) is 3.47. The molecule has 0 saturated heterocycles. The number of hydrogen-bond acceptors (Lipinski definition) is 4. The van der Waals surface area contributed by atoms with E-state index in [0.717, 1.165) is 17.9 Å². The van der Waals surface area contributed by atoms with Crippen LogP contribution in [0.25, 0.3) is 5.65 Å². The zero-order chi connectivity index (χ0) is 11.5. The van der Waals surface area contributed by atoms with E-state index in [0.29, 0.717) is 11.2 Å². The van der Waals surface area contributed by atoms with Crippen molar-refractivity contribution in [3.8, 4) is 0 Å². The van der Waals surface area contributed by atoms with Gasteiger partial charge in [0.2, 0.25) is 5.95 Å². The Morgan fingerprint density at radius 3 is 3.00 bits per heavy atom. The van der Waals surface area contributed by atoms with Crippen LogP contribution in [0.2, 0.25) is 0 Å². The Morgan fingerprint density at radius 2 is 2.31 bits per heavy atom. The van der Waals surface area contributed by atoms with E-state index in [2.05, 4.69) is 28.6 Å². The van der Waals surface area contributed by atoms with Crippen molar-refractivity contribution in [1.82, 2.24) is 14.6 Å². The number of anilines is 1. The SMILES string of the molecule is CSC(C)CNc1nc2cccc(C)n2n1. The second-order valence-electron chi connectivity index (χ2n) is 3.80. The second kappa shape index (κ2) is 4.74. The fraction of sp³-hybridized carbons (Fsp3) is 0.455. The Labute approximate surface area is 99.5 Å². The van der Waals surface area contributed by atoms with Crippen molar-refractivity contribution in [3.63, 3.8) is 0 Å². The number of fused-ring (bicyclic) bond motifs is 1. The highest BCUT2D eigenvalue weighted by atomic mass is 32.2. The van der Waals surface area contributed by atoms with Crippen LogP contribution >= 0.6 is 11.8 Å². The molecule has 2 aromatic rings. The quantitative estimate of drug-likeness (QED) is 0.883. The summed E-state index contributed by atoms with van der Waals surface area (Å²) in [6.07, 6.45) is 2.10. The van der Waals surface area contributed by atoms with E-state index in [1.165, 1.54) is 0 Å². The number of nitrogens with zero attached hydrogens (tertiary/aromatic N) is 3. The van der Waals surface area contributed by atoms with Crippen molar-refractivity contribution in [2.24, 2.45) is 0 Å². The molecule has 0 aliphatic carbocycles. The van der Waals surface area contributed by atoms with Gasteiger partial charge in [-0.3, -0.25) is 0 Å². The molecule has 0 spiro atoms. The van der Waals surface area contributed by atoms with E-state index < -0.39 is 0 Å². The number of hydrogen-bond donors (Lipinski definition) is 1. The molecule has 2 rings (SSSR count). The molecule has 1 N–H and O–H groups in total. The van der Waals surface area contributed by atoms with Crippen LogP contribution in [0, 0.1) is 6.92 Å². The molecule has 2 aromatic heterocycles. The zero-order valence-electron chi connectivity index (χ0n) is 9.77. The van der Waals surface area contributed by atoms with Crippen molar-refractivity contribution >= 4 is 23.4 Å². The van der Waals surface area contributed by atoms with Gasteiger partial charge in [0.25, 0.3) is 0 Å². The van der Waals surface area contributed by atoms with Crippen LogP contribution in [-0.2, 0) is 0 Å². The molecule has 0 aromatic carbocycles. The van der Waals surface area contributed by atoms with E-state index >= 15 is 0 Å². The van der Waals surface area contributed by atoms with Crippen LogP contribution in [-0.4, -0.2) is 32.6 Å². The van der Waals surface area contributed by atoms with Gasteiger partial charge in [-0.05, 0) is 25.3 Å². The summed E-state index contributed by atoms with van der Waals surface area (Å²) in [6.45, 7) is 5.09. The fourth-order valence-corrected chi connectivity index (χ4v) is 1.68. The van der Waals surface area contributed by atoms with E-state index in [-0.39, 0.29) is 0 Å². The maximum Gasteiger partial charge on any atom is 0.243 e. The van der Waals surface area contributed by atoms with Gasteiger partial charge in [-0.15, -0.1) is 5.10 Å². The van der Waals surface area contributed by atoms with Gasteiger partial charge < -0.3 is 5.32 Å². The van der Waals surface area contributed by atoms with Crippen molar-refractivity contribution in [1.29, 1.82) is 0 Å². The number of aromatic nitrogens is 3. The summed E-state index contributed by atoms with van der Waals surface area (Å²) in [6, 6.07) is 5.98. The number of aryl methyl sites for hydroxylation is 1. The Kier molecular flexibility index (Phi) is 3.33. The summed E-state index contributed by atoms with van der Waals surface area (Å²) < 4.78 is 1.85. The summed E-state index contributed by atoms with van der Waals surface area (Å²) in [7, 11) is 0. The molecule has 16 heavy (non-hydrogen) atoms. The van der Waals surface area contributed by atoms with E-state index in [1.807, 2.05) is 41.4 Å². The van der Waals surface area contributed by atoms with Crippen LogP contribution in [0.4, 0.5) is 5.95 Å². The zero-order valence-corrected chi connectivity index (χ0v) is 10.6. The van der Waals surface area contributed by atoms with Gasteiger partial charge in [0.05, 0.1) is 0 Å². The van der Waals surface area contributed by atoms with Crippen molar-refractivity contribution < 1.29 is 0 Å². The fourth-order valence-electron chi connectivity index (χ4n) is 1.43. The Bertz CT molecular complexity index is 480. The predicted molar refractivity (Wildman–Crippen MR) is 69.2 cm³/mol. The van der Waals surface area contributed by atoms with Crippen LogP contribution in [0.15, 0.2) is 18.2 Å². The van der Waals surface area contributed by atoms with Crippen LogP contribution < -0.4 is 5.32 Å². The molecule has 0 aliphatic heterocycles. The first-order valence-electron chi connectivity index (χ1n) is 5.30. The van der Waals surface area contributed by atoms with Gasteiger partial charge in [-0.2, -0.15) is 16.7 Å². The number of pyridine rings is 1. The van der Waals surface area contributed by atoms with E-state index in [9.17, 15) is 0 Å². The average Bonchev–Trinajstić information content (AvgIpc) is 2.70. The summed E-state index contributed by atoms with van der Waals surface area (Å²) in [5.41, 5.74) is 1.98. The van der Waals surface area contributed by atoms with Gasteiger partial charge >= 0.3 is 0 Å². The van der Waals surface area contributed by atoms with Crippen molar-refractivity contribution in [3.05, 3.63) is 23.9 Å². The molecule has 1 atom stereocenters. The van der Waals surface area contributed by atoms with Crippen LogP contribution in [0.5, 0.6) is 0 Å². The molecular formula is C11H16N4S. The minimum absolute atomic E-state index is 0.563. The third-order valence-electron chi connectivity index (χ3n) is 2.50. The molecule has 0 radical (unpaired) electrons. The standard InChI is InChI=1S/C11H16N4S/c1-8-5-4-6-10-13-11(14-15(8)10)12-7-9(2)16-3/h4-6,9H,7H2,1-3H3,(H,12,14). The predicted octanol–water partition coefficient (Wildman–Crippen LogP) is 2.20. The summed E-state index contributed by atoms with van der Waals surface area (Å²) in [4.78, 5) is 4.41. The summed E-state index contributed by atoms with van der Waals surface area (Å²) in [5, 5.41) is 8.21. The highest BCUT2D eigenvalue weighted by Gasteiger charge is 2.05. The third kappa shape index (κ3) is 2.29. The van der Waals surface area contributed by atoms with Crippen LogP contribution in [0.3, 0.4) is 0 Å². The maximum absolute atomic E-state index is 4.41. The molecule has 1 unspecified atom stereocenters. The van der Waals surface area contributed by atoms with Gasteiger partial charge in [0.1, 0.15) is 0 Å². The minimum atomic E-state index is 0.563. The second-order valence-corrected chi connectivity index (χ2v) is 5.08. The molecular weight excluding hydrogens is 220 g/mol. The summed E-state index contributed by atoms with van der Waals surface area (Å²) in [5.74, 6) is 0.704. The van der Waals surface area contributed by atoms with Gasteiger partial charge in [0.15, 0.2) is 5.65 Å². The van der Waals surface area contributed by atoms with Gasteiger partial charge in [0, 0.05) is 17.5 Å². The molecule has 0 saturated carbocycles. The normalized spacial score (nSPS) is 12.9. The van der Waals surface area contributed by atoms with Crippen LogP contribution in [0.1, 0.15) is 12.6 Å². The molecule has 86 valence electrons. The minimum Gasteiger partial charge on any atom is -0.352 e. The maximum atomic E-state index is 4.41. The number of thioether (sulfide) groups is 1. The Morgan fingerprint density at radius 1 is 1.50 bits per heavy atom. The van der Waals surface area contributed by atoms with Gasteiger partial charge in [-0.25, -0.2) is 4.52 Å². The highest BCUT2D eigenvalue weighted by Crippen LogP contribution is 2.10. The van der Waals surface area contributed by atoms with Crippen molar-refractivity contribution in [2.75, 3.05) is 18.1 Å². The Balaban J connectivity index is 2.17. The molecule has 5 heteroatoms. The largest absolute Gasteiger partial charge is 0.352 e. The lowest BCUT2D eigenvalue weighted by molar-refractivity contribution is 0.902. The van der Waals surface area contributed by atoms with E-state index in [4.69, 9.17) is 0 Å². The Hall–Kier alpha value is -1.23. The first-order chi connectivity index (χ1) is 7.70. The summed E-state index contributed by atoms with van der Waals surface area (Å²) >= 11 is 1.83. The first kappa shape index (κ1) is 11.3. The van der Waals surface area contributed by atoms with Crippen molar-refractivity contribution in [2.45, 2.75) is 19.1 Å². The topological polar surface area (TPSA) is 42.2 Å². The molecule has 0 aliphatic rings. The molecule has 0 fully saturated rings. The molecule has 2 heterocycles. The highest BCUT2D eigenvalue weighted by molar-refractivity contribution is 7.99.